The van der Waals surface area contributed by atoms with E-state index in [9.17, 15) is 19.5 Å². The molecular formula is C26H29N3O7. The largest absolute Gasteiger partial charge is 0.466 e. The van der Waals surface area contributed by atoms with Crippen LogP contribution in [0.3, 0.4) is 0 Å². The molecule has 2 N–H and O–H groups in total. The van der Waals surface area contributed by atoms with Crippen LogP contribution < -0.4 is 14.8 Å². The number of likely N-dealkylation sites (tertiary alicyclic amines) is 2. The minimum Gasteiger partial charge on any atom is -0.466 e. The first-order valence-electron chi connectivity index (χ1n) is 12.1. The molecule has 0 aromatic heterocycles. The highest BCUT2D eigenvalue weighted by atomic mass is 16.7. The van der Waals surface area contributed by atoms with E-state index in [-0.39, 0.29) is 26.0 Å². The molecule has 36 heavy (non-hydrogen) atoms. The highest BCUT2D eigenvalue weighted by molar-refractivity contribution is 5.93. The number of aliphatic hydroxyl groups excluding tert-OH is 1. The van der Waals surface area contributed by atoms with Crippen LogP contribution >= 0.6 is 0 Å². The number of nitrogens with zero attached hydrogens (tertiary/aromatic N) is 2. The Labute approximate surface area is 208 Å². The number of fused-ring (bicyclic) bond motifs is 1. The van der Waals surface area contributed by atoms with Crippen molar-refractivity contribution in [3.8, 4) is 11.5 Å². The van der Waals surface area contributed by atoms with Gasteiger partial charge in [-0.05, 0) is 37.5 Å². The Morgan fingerprint density at radius 3 is 2.56 bits per heavy atom. The lowest BCUT2D eigenvalue weighted by molar-refractivity contribution is -0.156. The smallest absolute Gasteiger partial charge is 0.321 e. The minimum absolute atomic E-state index is 0.145. The summed E-state index contributed by atoms with van der Waals surface area (Å²) in [6.07, 6.45) is -0.816. The van der Waals surface area contributed by atoms with E-state index in [0.717, 1.165) is 5.56 Å². The molecule has 2 aromatic carbocycles. The van der Waals surface area contributed by atoms with Crippen molar-refractivity contribution < 1.29 is 33.7 Å². The first-order valence-corrected chi connectivity index (χ1v) is 12.1. The summed E-state index contributed by atoms with van der Waals surface area (Å²) in [5.74, 6) is -0.909. The first kappa shape index (κ1) is 23.9. The van der Waals surface area contributed by atoms with Gasteiger partial charge in [0.2, 0.25) is 6.79 Å². The third-order valence-electron chi connectivity index (χ3n) is 7.22. The van der Waals surface area contributed by atoms with Crippen LogP contribution in [0.25, 0.3) is 0 Å². The van der Waals surface area contributed by atoms with Gasteiger partial charge in [0.25, 0.3) is 5.91 Å². The number of benzene rings is 2. The van der Waals surface area contributed by atoms with Crippen LogP contribution in [0, 0.1) is 5.92 Å². The molecule has 2 saturated heterocycles. The molecule has 3 heterocycles. The summed E-state index contributed by atoms with van der Waals surface area (Å²) in [5, 5.41) is 13.7. The van der Waals surface area contributed by atoms with Gasteiger partial charge in [0.1, 0.15) is 12.0 Å². The molecule has 2 atom stereocenters. The molecule has 3 aliphatic rings. The van der Waals surface area contributed by atoms with Crippen molar-refractivity contribution in [3.05, 3.63) is 54.1 Å². The molecule has 0 unspecified atom stereocenters. The lowest BCUT2D eigenvalue weighted by atomic mass is 9.76. The average molecular weight is 496 g/mol. The van der Waals surface area contributed by atoms with E-state index in [4.69, 9.17) is 14.2 Å². The average Bonchev–Trinajstić information content (AvgIpc) is 3.42. The van der Waals surface area contributed by atoms with Gasteiger partial charge in [-0.25, -0.2) is 4.79 Å². The molecule has 2 fully saturated rings. The number of amides is 3. The van der Waals surface area contributed by atoms with E-state index in [1.165, 1.54) is 0 Å². The second-order valence-electron chi connectivity index (χ2n) is 9.17. The number of carbonyl (C=O) groups excluding carboxylic acids is 3. The van der Waals surface area contributed by atoms with Crippen LogP contribution in [0.4, 0.5) is 10.5 Å². The number of urea groups is 1. The highest BCUT2D eigenvalue weighted by Crippen LogP contribution is 2.45. The zero-order valence-corrected chi connectivity index (χ0v) is 20.0. The topological polar surface area (TPSA) is 118 Å². The van der Waals surface area contributed by atoms with Gasteiger partial charge in [0.15, 0.2) is 11.5 Å². The van der Waals surface area contributed by atoms with Gasteiger partial charge < -0.3 is 34.4 Å². The number of piperidine rings is 1. The van der Waals surface area contributed by atoms with Crippen molar-refractivity contribution in [1.29, 1.82) is 0 Å². The maximum atomic E-state index is 13.2. The van der Waals surface area contributed by atoms with Crippen LogP contribution in [0.2, 0.25) is 0 Å². The normalized spacial score (nSPS) is 22.1. The van der Waals surface area contributed by atoms with Crippen molar-refractivity contribution in [2.24, 2.45) is 5.92 Å². The first-order chi connectivity index (χ1) is 17.4. The third kappa shape index (κ3) is 4.21. The summed E-state index contributed by atoms with van der Waals surface area (Å²) in [7, 11) is 0. The molecule has 10 nitrogen and oxygen atoms in total. The number of anilines is 1. The quantitative estimate of drug-likeness (QED) is 0.612. The molecule has 10 heteroatoms. The zero-order chi connectivity index (χ0) is 25.3. The second kappa shape index (κ2) is 9.69. The lowest BCUT2D eigenvalue weighted by Crippen LogP contribution is -2.58. The van der Waals surface area contributed by atoms with E-state index in [1.54, 1.807) is 34.9 Å². The Kier molecular flexibility index (Phi) is 6.44. The van der Waals surface area contributed by atoms with Crippen LogP contribution in [0.5, 0.6) is 11.5 Å². The Hall–Kier alpha value is -3.79. The van der Waals surface area contributed by atoms with Crippen molar-refractivity contribution in [1.82, 2.24) is 9.80 Å². The van der Waals surface area contributed by atoms with Gasteiger partial charge in [0, 0.05) is 31.4 Å². The maximum Gasteiger partial charge on any atom is 0.321 e. The van der Waals surface area contributed by atoms with E-state index < -0.39 is 29.4 Å². The van der Waals surface area contributed by atoms with E-state index in [0.29, 0.717) is 43.1 Å². The number of nitrogens with one attached hydrogen (secondary N) is 1. The van der Waals surface area contributed by atoms with Crippen molar-refractivity contribution >= 4 is 23.6 Å². The Balaban J connectivity index is 1.35. The molecule has 3 amide bonds. The fourth-order valence-electron chi connectivity index (χ4n) is 5.42. The third-order valence-corrected chi connectivity index (χ3v) is 7.22. The summed E-state index contributed by atoms with van der Waals surface area (Å²) >= 11 is 0. The molecule has 0 saturated carbocycles. The predicted molar refractivity (Wildman–Crippen MR) is 128 cm³/mol. The van der Waals surface area contributed by atoms with Crippen LogP contribution in [0.15, 0.2) is 48.5 Å². The zero-order valence-electron chi connectivity index (χ0n) is 20.0. The number of hydrogen-bond acceptors (Lipinski definition) is 7. The minimum atomic E-state index is -1.48. The molecule has 3 aliphatic heterocycles. The van der Waals surface area contributed by atoms with Gasteiger partial charge in [-0.15, -0.1) is 0 Å². The highest BCUT2D eigenvalue weighted by Gasteiger charge is 2.62. The number of rotatable bonds is 5. The Morgan fingerprint density at radius 2 is 1.83 bits per heavy atom. The number of ether oxygens (including phenoxy) is 3. The lowest BCUT2D eigenvalue weighted by Gasteiger charge is -2.46. The van der Waals surface area contributed by atoms with Gasteiger partial charge in [-0.1, -0.05) is 30.3 Å². The number of esters is 1. The monoisotopic (exact) mass is 495 g/mol. The van der Waals surface area contributed by atoms with Gasteiger partial charge in [-0.2, -0.15) is 0 Å². The molecule has 5 rings (SSSR count). The Bertz CT molecular complexity index is 1150. The van der Waals surface area contributed by atoms with E-state index in [2.05, 4.69) is 5.32 Å². The van der Waals surface area contributed by atoms with Crippen LogP contribution in [-0.4, -0.2) is 70.9 Å². The van der Waals surface area contributed by atoms with Gasteiger partial charge >= 0.3 is 12.0 Å². The summed E-state index contributed by atoms with van der Waals surface area (Å²) in [6, 6.07) is 14.3. The molecule has 0 aliphatic carbocycles. The van der Waals surface area contributed by atoms with E-state index in [1.807, 2.05) is 30.3 Å². The van der Waals surface area contributed by atoms with Crippen molar-refractivity contribution in [3.63, 3.8) is 0 Å². The molecule has 0 radical (unpaired) electrons. The molecule has 0 bridgehead atoms. The van der Waals surface area contributed by atoms with Crippen LogP contribution in [-0.2, 0) is 20.9 Å². The SMILES string of the molecule is CCOC(=O)[C@H]1[C@@H](O)C(=O)N(Cc2ccccc2)C12CCN(C(=O)Nc1ccc3c(c1)OCO3)CC2. The van der Waals surface area contributed by atoms with Crippen LogP contribution in [0.1, 0.15) is 25.3 Å². The molecule has 2 aromatic rings. The van der Waals surface area contributed by atoms with Crippen molar-refractivity contribution in [2.45, 2.75) is 38.0 Å². The van der Waals surface area contributed by atoms with Gasteiger partial charge in [-0.3, -0.25) is 9.59 Å². The van der Waals surface area contributed by atoms with Gasteiger partial charge in [0.05, 0.1) is 12.1 Å². The fraction of sp³-hybridized carbons (Fsp3) is 0.423. The summed E-state index contributed by atoms with van der Waals surface area (Å²) in [6.45, 7) is 2.85. The second-order valence-corrected chi connectivity index (χ2v) is 9.17. The molecular weight excluding hydrogens is 466 g/mol. The predicted octanol–water partition coefficient (Wildman–Crippen LogP) is 2.36. The van der Waals surface area contributed by atoms with Crippen molar-refractivity contribution in [2.75, 3.05) is 31.8 Å². The number of aliphatic hydroxyl groups is 1. The number of carbonyl (C=O) groups is 3. The molecule has 1 spiro atoms. The fourth-order valence-corrected chi connectivity index (χ4v) is 5.42. The van der Waals surface area contributed by atoms with E-state index >= 15 is 0 Å². The summed E-state index contributed by atoms with van der Waals surface area (Å²) in [4.78, 5) is 42.4. The summed E-state index contributed by atoms with van der Waals surface area (Å²) < 4.78 is 15.9. The standard InChI is InChI=1S/C26H29N3O7/c1-2-34-24(32)21-22(30)23(31)29(15-17-6-4-3-5-7-17)26(21)10-12-28(13-11-26)25(33)27-18-8-9-19-20(14-18)36-16-35-19/h3-9,14,21-22,30H,2,10-13,15-16H2,1H3,(H,27,33)/t21-,22-/m1/s1. The Morgan fingerprint density at radius 1 is 1.11 bits per heavy atom. The molecule has 190 valence electrons. The number of hydrogen-bond donors (Lipinski definition) is 2. The summed E-state index contributed by atoms with van der Waals surface area (Å²) in [5.41, 5.74) is 0.518. The maximum absolute atomic E-state index is 13.2.